The van der Waals surface area contributed by atoms with Crippen molar-refractivity contribution in [1.29, 1.82) is 0 Å². The van der Waals surface area contributed by atoms with Crippen LogP contribution in [0.5, 0.6) is 0 Å². The predicted octanol–water partition coefficient (Wildman–Crippen LogP) is 1.37. The van der Waals surface area contributed by atoms with E-state index < -0.39 is 24.0 Å². The van der Waals surface area contributed by atoms with Crippen molar-refractivity contribution < 1.29 is 19.1 Å². The number of urea groups is 1. The Balaban J connectivity index is 1.48. The van der Waals surface area contributed by atoms with Crippen molar-refractivity contribution in [2.24, 2.45) is 0 Å². The minimum absolute atomic E-state index is 0.0816. The first kappa shape index (κ1) is 19.5. The number of hydrogen-bond donors (Lipinski definition) is 2. The number of imide groups is 1. The molecule has 2 N–H and O–H groups in total. The van der Waals surface area contributed by atoms with E-state index in [2.05, 4.69) is 26.2 Å². The van der Waals surface area contributed by atoms with E-state index in [-0.39, 0.29) is 11.6 Å². The monoisotopic (exact) mass is 386 g/mol. The van der Waals surface area contributed by atoms with Gasteiger partial charge in [0.2, 0.25) is 0 Å². The molecular weight excluding hydrogens is 364 g/mol. The number of benzene rings is 1. The summed E-state index contributed by atoms with van der Waals surface area (Å²) in [7, 11) is 0. The quantitative estimate of drug-likeness (QED) is 0.743. The Morgan fingerprint density at radius 3 is 2.50 bits per heavy atom. The fourth-order valence-electron chi connectivity index (χ4n) is 2.99. The number of rotatable bonds is 5. The molecule has 1 aromatic heterocycles. The molecule has 1 aliphatic carbocycles. The van der Waals surface area contributed by atoms with Crippen LogP contribution in [0.3, 0.4) is 0 Å². The lowest BCUT2D eigenvalue weighted by Gasteiger charge is -2.23. The number of hydrogen-bond acceptors (Lipinski definition) is 7. The van der Waals surface area contributed by atoms with Crippen molar-refractivity contribution in [3.8, 4) is 5.69 Å². The van der Waals surface area contributed by atoms with E-state index in [0.717, 1.165) is 25.7 Å². The summed E-state index contributed by atoms with van der Waals surface area (Å²) in [5.41, 5.74) is 0.940. The van der Waals surface area contributed by atoms with Crippen LogP contribution in [-0.4, -0.2) is 50.3 Å². The summed E-state index contributed by atoms with van der Waals surface area (Å²) >= 11 is 0. The van der Waals surface area contributed by atoms with Gasteiger partial charge in [-0.25, -0.2) is 14.3 Å². The molecule has 148 valence electrons. The Hall–Kier alpha value is -3.30. The largest absolute Gasteiger partial charge is 0.449 e. The van der Waals surface area contributed by atoms with Gasteiger partial charge in [0.1, 0.15) is 6.33 Å². The van der Waals surface area contributed by atoms with Gasteiger partial charge >= 0.3 is 12.0 Å². The molecule has 1 heterocycles. The van der Waals surface area contributed by atoms with Gasteiger partial charge in [-0.15, -0.1) is 5.10 Å². The molecule has 0 aliphatic heterocycles. The predicted molar refractivity (Wildman–Crippen MR) is 97.6 cm³/mol. The zero-order chi connectivity index (χ0) is 19.9. The molecule has 1 aromatic carbocycles. The number of nitrogens with zero attached hydrogens (tertiary/aromatic N) is 4. The maximum absolute atomic E-state index is 12.2. The lowest BCUT2D eigenvalue weighted by atomic mass is 9.96. The summed E-state index contributed by atoms with van der Waals surface area (Å²) in [6.45, 7) is 1.41. The van der Waals surface area contributed by atoms with Crippen LogP contribution in [0.2, 0.25) is 0 Å². The van der Waals surface area contributed by atoms with Gasteiger partial charge in [-0.05, 0) is 54.5 Å². The highest BCUT2D eigenvalue weighted by atomic mass is 16.5. The lowest BCUT2D eigenvalue weighted by molar-refractivity contribution is -0.127. The fraction of sp³-hybridized carbons (Fsp3) is 0.444. The topological polar surface area (TPSA) is 128 Å². The second-order valence-electron chi connectivity index (χ2n) is 6.65. The minimum atomic E-state index is -1.11. The van der Waals surface area contributed by atoms with Crippen LogP contribution in [0.25, 0.3) is 5.69 Å². The van der Waals surface area contributed by atoms with Gasteiger partial charge < -0.3 is 10.1 Å². The second-order valence-corrected chi connectivity index (χ2v) is 6.65. The Morgan fingerprint density at radius 2 is 1.86 bits per heavy atom. The van der Waals surface area contributed by atoms with Crippen molar-refractivity contribution in [3.63, 3.8) is 0 Å². The molecule has 10 nitrogen and oxygen atoms in total. The number of tetrazole rings is 1. The van der Waals surface area contributed by atoms with Gasteiger partial charge in [0.25, 0.3) is 5.91 Å². The molecular formula is C18H22N6O4. The molecule has 0 unspecified atom stereocenters. The first-order valence-electron chi connectivity index (χ1n) is 9.18. The van der Waals surface area contributed by atoms with Gasteiger partial charge in [-0.3, -0.25) is 10.1 Å². The fourth-order valence-corrected chi connectivity index (χ4v) is 2.99. The first-order valence-corrected chi connectivity index (χ1v) is 9.18. The molecule has 28 heavy (non-hydrogen) atoms. The van der Waals surface area contributed by atoms with Crippen LogP contribution in [0.1, 0.15) is 49.4 Å². The molecule has 0 radical (unpaired) electrons. The number of amides is 3. The molecule has 1 fully saturated rings. The SMILES string of the molecule is C[C@H](OC(=O)c1ccc(-n2cnnn2)cc1)C(=O)NC(=O)NC1CCCCC1. The van der Waals surface area contributed by atoms with Gasteiger partial charge in [-0.1, -0.05) is 19.3 Å². The Labute approximate surface area is 161 Å². The number of esters is 1. The molecule has 3 rings (SSSR count). The van der Waals surface area contributed by atoms with Crippen molar-refractivity contribution in [2.75, 3.05) is 0 Å². The Morgan fingerprint density at radius 1 is 1.14 bits per heavy atom. The molecule has 1 aliphatic rings. The number of ether oxygens (including phenoxy) is 1. The Kier molecular flexibility index (Phi) is 6.30. The van der Waals surface area contributed by atoms with Crippen LogP contribution in [-0.2, 0) is 9.53 Å². The third-order valence-corrected chi connectivity index (χ3v) is 4.55. The molecule has 2 aromatic rings. The van der Waals surface area contributed by atoms with Crippen LogP contribution in [0, 0.1) is 0 Å². The third-order valence-electron chi connectivity index (χ3n) is 4.55. The normalized spacial score (nSPS) is 15.5. The van der Waals surface area contributed by atoms with E-state index in [1.165, 1.54) is 24.4 Å². The van der Waals surface area contributed by atoms with Crippen LogP contribution >= 0.6 is 0 Å². The highest BCUT2D eigenvalue weighted by Gasteiger charge is 2.22. The van der Waals surface area contributed by atoms with E-state index in [9.17, 15) is 14.4 Å². The molecule has 0 bridgehead atoms. The Bertz CT molecular complexity index is 815. The minimum Gasteiger partial charge on any atom is -0.449 e. The maximum atomic E-state index is 12.2. The highest BCUT2D eigenvalue weighted by Crippen LogP contribution is 2.17. The van der Waals surface area contributed by atoms with Crippen molar-refractivity contribution in [1.82, 2.24) is 30.8 Å². The van der Waals surface area contributed by atoms with Gasteiger partial charge in [0, 0.05) is 6.04 Å². The van der Waals surface area contributed by atoms with Crippen molar-refractivity contribution in [2.45, 2.75) is 51.2 Å². The van der Waals surface area contributed by atoms with Crippen LogP contribution < -0.4 is 10.6 Å². The van der Waals surface area contributed by atoms with Crippen molar-refractivity contribution in [3.05, 3.63) is 36.2 Å². The third kappa shape index (κ3) is 5.12. The number of nitrogens with one attached hydrogen (secondary N) is 2. The van der Waals surface area contributed by atoms with E-state index in [4.69, 9.17) is 4.74 Å². The number of aromatic nitrogens is 4. The average molecular weight is 386 g/mol. The van der Waals surface area contributed by atoms with E-state index >= 15 is 0 Å². The van der Waals surface area contributed by atoms with Crippen LogP contribution in [0.4, 0.5) is 4.79 Å². The van der Waals surface area contributed by atoms with Crippen LogP contribution in [0.15, 0.2) is 30.6 Å². The standard InChI is InChI=1S/C18H22N6O4/c1-12(16(25)21-18(27)20-14-5-3-2-4-6-14)28-17(26)13-7-9-15(10-8-13)24-11-19-22-23-24/h7-12,14H,2-6H2,1H3,(H2,20,21,25,27)/t12-/m0/s1. The number of carbonyl (C=O) groups is 3. The summed E-state index contributed by atoms with van der Waals surface area (Å²) < 4.78 is 6.58. The molecule has 0 spiro atoms. The van der Waals surface area contributed by atoms with Gasteiger partial charge in [-0.2, -0.15) is 0 Å². The summed E-state index contributed by atoms with van der Waals surface area (Å²) in [5, 5.41) is 15.8. The zero-order valence-electron chi connectivity index (χ0n) is 15.5. The van der Waals surface area contributed by atoms with E-state index in [0.29, 0.717) is 5.69 Å². The summed E-state index contributed by atoms with van der Waals surface area (Å²) in [6, 6.07) is 5.90. The zero-order valence-corrected chi connectivity index (χ0v) is 15.5. The average Bonchev–Trinajstić information content (AvgIpc) is 3.23. The number of carbonyl (C=O) groups excluding carboxylic acids is 3. The highest BCUT2D eigenvalue weighted by molar-refractivity contribution is 5.98. The first-order chi connectivity index (χ1) is 13.5. The second kappa shape index (κ2) is 9.07. The van der Waals surface area contributed by atoms with Gasteiger partial charge in [0.05, 0.1) is 11.3 Å². The smallest absolute Gasteiger partial charge is 0.338 e. The molecule has 1 saturated carbocycles. The summed E-state index contributed by atoms with van der Waals surface area (Å²) in [6.07, 6.45) is 5.45. The molecule has 1 atom stereocenters. The summed E-state index contributed by atoms with van der Waals surface area (Å²) in [5.74, 6) is -1.34. The molecule has 10 heteroatoms. The maximum Gasteiger partial charge on any atom is 0.338 e. The van der Waals surface area contributed by atoms with E-state index in [1.54, 1.807) is 24.3 Å². The lowest BCUT2D eigenvalue weighted by Crippen LogP contribution is -2.48. The van der Waals surface area contributed by atoms with Crippen molar-refractivity contribution >= 4 is 17.9 Å². The molecule has 0 saturated heterocycles. The molecule has 3 amide bonds. The van der Waals surface area contributed by atoms with E-state index in [1.807, 2.05) is 0 Å². The van der Waals surface area contributed by atoms with Gasteiger partial charge in [0.15, 0.2) is 6.10 Å². The summed E-state index contributed by atoms with van der Waals surface area (Å²) in [4.78, 5) is 36.2.